The van der Waals surface area contributed by atoms with Crippen molar-refractivity contribution in [3.63, 3.8) is 0 Å². The second-order valence-corrected chi connectivity index (χ2v) is 13.8. The Balaban J connectivity index is 1.05. The molecule has 2 fully saturated rings. The van der Waals surface area contributed by atoms with E-state index < -0.39 is 18.1 Å². The summed E-state index contributed by atoms with van der Waals surface area (Å²) in [5.41, 5.74) is 5.33. The number of ether oxygens (including phenoxy) is 1. The summed E-state index contributed by atoms with van der Waals surface area (Å²) in [6, 6.07) is 15.3. The van der Waals surface area contributed by atoms with Crippen molar-refractivity contribution in [3.8, 4) is 33.5 Å². The Hall–Kier alpha value is -5.10. The summed E-state index contributed by atoms with van der Waals surface area (Å²) in [5.74, 6) is -2.01. The van der Waals surface area contributed by atoms with Gasteiger partial charge in [0.05, 0.1) is 42.1 Å². The number of amides is 2. The molecule has 0 spiro atoms. The van der Waals surface area contributed by atoms with Gasteiger partial charge >= 0.3 is 6.09 Å². The third-order valence-corrected chi connectivity index (χ3v) is 10.4. The van der Waals surface area contributed by atoms with Crippen LogP contribution in [-0.4, -0.2) is 63.1 Å². The third-order valence-electron chi connectivity index (χ3n) is 10.4. The van der Waals surface area contributed by atoms with Gasteiger partial charge in [0.25, 0.3) is 5.92 Å². The van der Waals surface area contributed by atoms with Gasteiger partial charge in [0.2, 0.25) is 5.91 Å². The lowest BCUT2D eigenvalue weighted by Gasteiger charge is -2.29. The van der Waals surface area contributed by atoms with E-state index in [1.165, 1.54) is 7.11 Å². The van der Waals surface area contributed by atoms with Gasteiger partial charge in [-0.25, -0.2) is 14.8 Å². The minimum atomic E-state index is -3.17. The second-order valence-electron chi connectivity index (χ2n) is 13.8. The van der Waals surface area contributed by atoms with E-state index in [1.807, 2.05) is 44.2 Å². The highest BCUT2D eigenvalue weighted by Crippen LogP contribution is 2.52. The number of alkyl halides is 2. The van der Waals surface area contributed by atoms with Gasteiger partial charge in [-0.05, 0) is 84.7 Å². The van der Waals surface area contributed by atoms with Crippen molar-refractivity contribution in [3.05, 3.63) is 83.6 Å². The topological polar surface area (TPSA) is 128 Å². The molecule has 258 valence electrons. The monoisotopic (exact) mass is 679 g/mol. The van der Waals surface area contributed by atoms with E-state index in [-0.39, 0.29) is 35.0 Å². The van der Waals surface area contributed by atoms with E-state index >= 15 is 8.78 Å². The number of rotatable bonds is 7. The van der Waals surface area contributed by atoms with Crippen molar-refractivity contribution in [1.82, 2.24) is 35.5 Å². The first-order valence-corrected chi connectivity index (χ1v) is 17.2. The number of carbonyl (C=O) groups excluding carboxylic acids is 2. The van der Waals surface area contributed by atoms with Crippen LogP contribution in [0.4, 0.5) is 13.6 Å². The zero-order valence-electron chi connectivity index (χ0n) is 28.1. The van der Waals surface area contributed by atoms with Crippen LogP contribution in [0.1, 0.15) is 74.4 Å². The number of fused-ring (bicyclic) bond motifs is 4. The van der Waals surface area contributed by atoms with Crippen LogP contribution >= 0.6 is 0 Å². The summed E-state index contributed by atoms with van der Waals surface area (Å²) >= 11 is 0. The van der Waals surface area contributed by atoms with Gasteiger partial charge in [-0.3, -0.25) is 4.79 Å². The number of likely N-dealkylation sites (tertiary alicyclic amines) is 1. The van der Waals surface area contributed by atoms with Crippen LogP contribution < -0.4 is 10.6 Å². The minimum absolute atomic E-state index is 0.0110. The number of nitrogens with zero attached hydrogens (tertiary/aromatic N) is 3. The van der Waals surface area contributed by atoms with E-state index in [9.17, 15) is 9.59 Å². The number of nitrogens with one attached hydrogen (secondary N) is 4. The van der Waals surface area contributed by atoms with Crippen LogP contribution in [0.15, 0.2) is 60.8 Å². The molecular formula is C38H39F2N7O3. The van der Waals surface area contributed by atoms with E-state index in [4.69, 9.17) is 9.72 Å². The van der Waals surface area contributed by atoms with Gasteiger partial charge in [-0.2, -0.15) is 8.78 Å². The van der Waals surface area contributed by atoms with Crippen molar-refractivity contribution in [2.75, 3.05) is 20.2 Å². The number of alkyl carbamates (subject to hydrolysis) is 1. The van der Waals surface area contributed by atoms with E-state index in [0.717, 1.165) is 54.8 Å². The molecule has 1 aliphatic carbocycles. The number of hydrogen-bond donors (Lipinski definition) is 4. The Morgan fingerprint density at radius 2 is 1.66 bits per heavy atom. The number of methoxy groups -OCH3 is 1. The molecule has 0 bridgehead atoms. The number of benzene rings is 3. The van der Waals surface area contributed by atoms with Crippen LogP contribution in [0.5, 0.6) is 0 Å². The van der Waals surface area contributed by atoms with Crippen molar-refractivity contribution >= 4 is 23.0 Å². The normalized spacial score (nSPS) is 19.9. The summed E-state index contributed by atoms with van der Waals surface area (Å²) in [6.45, 7) is 5.25. The quantitative estimate of drug-likeness (QED) is 0.144. The summed E-state index contributed by atoms with van der Waals surface area (Å²) < 4.78 is 37.1. The maximum atomic E-state index is 16.2. The minimum Gasteiger partial charge on any atom is -0.453 e. The molecule has 0 radical (unpaired) electrons. The number of aromatic amines is 2. The first-order valence-electron chi connectivity index (χ1n) is 17.2. The van der Waals surface area contributed by atoms with Crippen LogP contribution in [0, 0.1) is 5.92 Å². The largest absolute Gasteiger partial charge is 0.453 e. The zero-order chi connectivity index (χ0) is 34.7. The molecule has 2 unspecified atom stereocenters. The fourth-order valence-corrected chi connectivity index (χ4v) is 7.71. The van der Waals surface area contributed by atoms with Crippen molar-refractivity contribution in [1.29, 1.82) is 0 Å². The summed E-state index contributed by atoms with van der Waals surface area (Å²) in [7, 11) is 1.27. The summed E-state index contributed by atoms with van der Waals surface area (Å²) in [4.78, 5) is 43.4. The Bertz CT molecular complexity index is 2120. The maximum Gasteiger partial charge on any atom is 0.407 e. The highest BCUT2D eigenvalue weighted by atomic mass is 19.3. The lowest BCUT2D eigenvalue weighted by molar-refractivity contribution is -0.135. The molecule has 2 aromatic heterocycles. The van der Waals surface area contributed by atoms with E-state index in [0.29, 0.717) is 40.1 Å². The molecular weight excluding hydrogens is 640 g/mol. The average molecular weight is 680 g/mol. The number of H-pyrrole nitrogens is 2. The molecule has 2 saturated heterocycles. The fourth-order valence-electron chi connectivity index (χ4n) is 7.71. The van der Waals surface area contributed by atoms with Gasteiger partial charge in [0.1, 0.15) is 17.7 Å². The number of hydrogen-bond acceptors (Lipinski definition) is 6. The molecule has 10 nitrogen and oxygen atoms in total. The van der Waals surface area contributed by atoms with Crippen LogP contribution in [0.2, 0.25) is 0 Å². The molecule has 2 aliphatic heterocycles. The molecule has 3 aliphatic rings. The average Bonchev–Trinajstić information content (AvgIpc) is 3.96. The molecule has 12 heteroatoms. The Morgan fingerprint density at radius 3 is 2.38 bits per heavy atom. The van der Waals surface area contributed by atoms with Crippen molar-refractivity contribution in [2.45, 2.75) is 63.6 Å². The van der Waals surface area contributed by atoms with Crippen LogP contribution in [-0.2, 0) is 15.5 Å². The van der Waals surface area contributed by atoms with Gasteiger partial charge in [-0.1, -0.05) is 44.2 Å². The number of aromatic nitrogens is 4. The molecule has 0 saturated carbocycles. The highest BCUT2D eigenvalue weighted by molar-refractivity contribution is 5.88. The lowest BCUT2D eigenvalue weighted by Crippen LogP contribution is -2.51. The Kier molecular flexibility index (Phi) is 7.93. The molecule has 3 atom stereocenters. The molecule has 4 N–H and O–H groups in total. The number of halogens is 2. The zero-order valence-corrected chi connectivity index (χ0v) is 28.1. The summed E-state index contributed by atoms with van der Waals surface area (Å²) in [5, 5.41) is 6.09. The van der Waals surface area contributed by atoms with Gasteiger partial charge in [-0.15, -0.1) is 0 Å². The molecule has 5 aromatic rings. The first-order chi connectivity index (χ1) is 24.1. The number of imidazole rings is 2. The standard InChI is InChI=1S/C38H39F2N7O3/c1-20(2)33(46-37(49)50-3)36(48)47-15-5-7-32(47)35-43-28-13-10-22(18-30(28)44-35)21-8-11-24-25-12-9-23(17-27(25)38(39,40)26(24)16-21)31-19-42-34(45-31)29-6-4-14-41-29/h8-13,16-20,29,32-33,41H,4-7,14-15H2,1-3H3,(H,42,45)(H,43,44)(H,46,49)/t29?,32-,33?/m0/s1. The smallest absolute Gasteiger partial charge is 0.407 e. The van der Waals surface area contributed by atoms with Crippen LogP contribution in [0.3, 0.4) is 0 Å². The molecule has 50 heavy (non-hydrogen) atoms. The van der Waals surface area contributed by atoms with Gasteiger partial charge < -0.3 is 30.2 Å². The molecule has 4 heterocycles. The van der Waals surface area contributed by atoms with Crippen LogP contribution in [0.25, 0.3) is 44.5 Å². The molecule has 8 rings (SSSR count). The van der Waals surface area contributed by atoms with Gasteiger partial charge in [0.15, 0.2) is 0 Å². The lowest BCUT2D eigenvalue weighted by atomic mass is 9.98. The number of carbonyl (C=O) groups is 2. The summed E-state index contributed by atoms with van der Waals surface area (Å²) in [6.07, 6.45) is 4.68. The van der Waals surface area contributed by atoms with E-state index in [2.05, 4.69) is 25.6 Å². The highest BCUT2D eigenvalue weighted by Gasteiger charge is 2.45. The third kappa shape index (κ3) is 5.42. The Labute approximate surface area is 288 Å². The first kappa shape index (κ1) is 32.1. The molecule has 3 aromatic carbocycles. The second kappa shape index (κ2) is 12.3. The predicted molar refractivity (Wildman–Crippen MR) is 185 cm³/mol. The maximum absolute atomic E-state index is 16.2. The predicted octanol–water partition coefficient (Wildman–Crippen LogP) is 7.21. The Morgan fingerprint density at radius 1 is 0.940 bits per heavy atom. The van der Waals surface area contributed by atoms with Crippen molar-refractivity contribution in [2.24, 2.45) is 5.92 Å². The SMILES string of the molecule is COC(=O)NC(C(=O)N1CCC[C@H]1c1nc2ccc(-c3ccc4c(c3)C(F)(F)c3cc(-c5cnc(C6CCCN6)[nH]5)ccc3-4)cc2[nH]1)C(C)C. The van der Waals surface area contributed by atoms with E-state index in [1.54, 1.807) is 35.4 Å². The molecule has 2 amide bonds. The van der Waals surface area contributed by atoms with Gasteiger partial charge in [0, 0.05) is 23.2 Å². The van der Waals surface area contributed by atoms with Crippen molar-refractivity contribution < 1.29 is 23.1 Å². The fraction of sp³-hybridized carbons (Fsp3) is 0.368.